The lowest BCUT2D eigenvalue weighted by atomic mass is 9.96. The molecule has 0 spiro atoms. The summed E-state index contributed by atoms with van der Waals surface area (Å²) in [6.07, 6.45) is 1.09. The van der Waals surface area contributed by atoms with E-state index in [2.05, 4.69) is 5.32 Å². The van der Waals surface area contributed by atoms with Crippen molar-refractivity contribution in [2.45, 2.75) is 62.9 Å². The molecule has 0 unspecified atom stereocenters. The zero-order valence-corrected chi connectivity index (χ0v) is 14.6. The molecule has 2 aliphatic heterocycles. The Labute approximate surface area is 139 Å². The largest absolute Gasteiger partial charge is 0.480 e. The highest BCUT2D eigenvalue weighted by atomic mass is 32.2. The second-order valence-corrected chi connectivity index (χ2v) is 8.30. The number of amides is 1. The van der Waals surface area contributed by atoms with E-state index in [-0.39, 0.29) is 17.4 Å². The van der Waals surface area contributed by atoms with Crippen LogP contribution >= 0.6 is 11.8 Å². The maximum Gasteiger partial charge on any atom is 0.332 e. The number of esters is 1. The van der Waals surface area contributed by atoms with E-state index < -0.39 is 28.8 Å². The highest BCUT2D eigenvalue weighted by Crippen LogP contribution is 2.50. The molecule has 0 radical (unpaired) electrons. The molecule has 1 amide bonds. The van der Waals surface area contributed by atoms with Crippen LogP contribution in [0.5, 0.6) is 0 Å². The summed E-state index contributed by atoms with van der Waals surface area (Å²) in [5.74, 6) is -1.73. The number of carboxylic acid groups (broad SMARTS) is 1. The smallest absolute Gasteiger partial charge is 0.332 e. The van der Waals surface area contributed by atoms with Gasteiger partial charge in [0.05, 0.1) is 6.10 Å². The number of hydrogen-bond donors (Lipinski definition) is 2. The number of carbonyl (C=O) groups is 3. The molecule has 2 fully saturated rings. The molecular weight excluding hydrogens is 320 g/mol. The molecule has 128 valence electrons. The van der Waals surface area contributed by atoms with Crippen LogP contribution in [0.2, 0.25) is 0 Å². The Balaban J connectivity index is 2.05. The third-order valence-electron chi connectivity index (χ3n) is 3.74. The van der Waals surface area contributed by atoms with Gasteiger partial charge in [0.2, 0.25) is 5.91 Å². The van der Waals surface area contributed by atoms with Crippen LogP contribution in [0.1, 0.15) is 34.6 Å². The second-order valence-electron chi connectivity index (χ2n) is 6.53. The number of hydrogen-bond acceptors (Lipinski definition) is 6. The number of nitrogens with zero attached hydrogens (tertiary/aromatic N) is 1. The summed E-state index contributed by atoms with van der Waals surface area (Å²) in [5.41, 5.74) is 0.519. The molecule has 2 aliphatic rings. The Hall–Kier alpha value is -1.70. The summed E-state index contributed by atoms with van der Waals surface area (Å²) in [7, 11) is 0. The topological polar surface area (TPSA) is 95.9 Å². The van der Waals surface area contributed by atoms with Crippen molar-refractivity contribution in [2.75, 3.05) is 0 Å². The zero-order chi connectivity index (χ0) is 17.5. The van der Waals surface area contributed by atoms with Crippen LogP contribution in [-0.2, 0) is 19.1 Å². The fourth-order valence-electron chi connectivity index (χ4n) is 2.88. The van der Waals surface area contributed by atoms with E-state index in [1.165, 1.54) is 22.7 Å². The molecule has 0 saturated carbocycles. The molecule has 0 aliphatic carbocycles. The molecule has 2 N–H and O–H groups in total. The number of aliphatic carboxylic acids is 1. The molecule has 2 rings (SSSR count). The molecule has 7 nitrogen and oxygen atoms in total. The molecule has 23 heavy (non-hydrogen) atoms. The summed E-state index contributed by atoms with van der Waals surface area (Å²) in [5, 5.41) is 12.1. The number of carboxylic acids is 1. The van der Waals surface area contributed by atoms with Gasteiger partial charge >= 0.3 is 11.9 Å². The Morgan fingerprint density at radius 1 is 1.43 bits per heavy atom. The molecule has 0 aromatic carbocycles. The fraction of sp³-hybridized carbons (Fsp3) is 0.667. The number of thioether (sulfide) groups is 1. The van der Waals surface area contributed by atoms with Gasteiger partial charge in [0.15, 0.2) is 0 Å². The van der Waals surface area contributed by atoms with Gasteiger partial charge in [-0.25, -0.2) is 9.59 Å². The molecular formula is C15H22N2O5S. The first kappa shape index (κ1) is 17.7. The summed E-state index contributed by atoms with van der Waals surface area (Å²) in [6, 6.07) is -1.36. The number of rotatable bonds is 5. The van der Waals surface area contributed by atoms with E-state index in [1.54, 1.807) is 20.8 Å². The van der Waals surface area contributed by atoms with E-state index in [9.17, 15) is 19.5 Å². The maximum atomic E-state index is 12.3. The first-order valence-corrected chi connectivity index (χ1v) is 8.31. The Morgan fingerprint density at radius 2 is 2.04 bits per heavy atom. The summed E-state index contributed by atoms with van der Waals surface area (Å²) in [4.78, 5) is 36.7. The number of ether oxygens (including phenoxy) is 1. The second kappa shape index (κ2) is 6.07. The van der Waals surface area contributed by atoms with Crippen LogP contribution in [0.3, 0.4) is 0 Å². The minimum atomic E-state index is -0.996. The Bertz CT molecular complexity index is 572. The van der Waals surface area contributed by atoms with Gasteiger partial charge in [-0.15, -0.1) is 11.8 Å². The van der Waals surface area contributed by atoms with Crippen LogP contribution in [0, 0.1) is 0 Å². The molecule has 0 bridgehead atoms. The first-order valence-electron chi connectivity index (χ1n) is 7.43. The Kier molecular flexibility index (Phi) is 4.66. The van der Waals surface area contributed by atoms with Crippen LogP contribution in [0.25, 0.3) is 0 Å². The van der Waals surface area contributed by atoms with Crippen LogP contribution in [0.15, 0.2) is 11.8 Å². The van der Waals surface area contributed by atoms with Gasteiger partial charge in [-0.1, -0.05) is 0 Å². The van der Waals surface area contributed by atoms with E-state index >= 15 is 0 Å². The predicted octanol–water partition coefficient (Wildman–Crippen LogP) is 0.947. The summed E-state index contributed by atoms with van der Waals surface area (Å²) < 4.78 is 4.46. The molecule has 0 aromatic rings. The van der Waals surface area contributed by atoms with E-state index in [0.717, 1.165) is 0 Å². The van der Waals surface area contributed by atoms with E-state index in [1.807, 2.05) is 13.8 Å². The number of carbonyl (C=O) groups excluding carboxylic acids is 2. The van der Waals surface area contributed by atoms with Crippen LogP contribution in [0.4, 0.5) is 0 Å². The third kappa shape index (κ3) is 3.31. The Morgan fingerprint density at radius 3 is 2.57 bits per heavy atom. The standard InChI is InChI=1S/C15H22N2O5S/c1-7(2)22-9(18)6-8(3)16-10-12(19)17-11(14(20)21)15(4,5)23-13(10)17/h6-7,10-11,13,16H,1-5H3,(H,20,21)/t10-,11+,13-/m1/s1. The molecule has 3 atom stereocenters. The third-order valence-corrected chi connectivity index (χ3v) is 5.32. The molecule has 2 saturated heterocycles. The first-order chi connectivity index (χ1) is 10.5. The van der Waals surface area contributed by atoms with Crippen molar-refractivity contribution in [1.82, 2.24) is 10.2 Å². The summed E-state index contributed by atoms with van der Waals surface area (Å²) in [6.45, 7) is 8.83. The van der Waals surface area contributed by atoms with Crippen molar-refractivity contribution in [2.24, 2.45) is 0 Å². The lowest BCUT2D eigenvalue weighted by Crippen LogP contribution is -2.69. The van der Waals surface area contributed by atoms with Crippen molar-refractivity contribution in [3.05, 3.63) is 11.8 Å². The normalized spacial score (nSPS) is 29.1. The predicted molar refractivity (Wildman–Crippen MR) is 85.6 cm³/mol. The SMILES string of the molecule is CC(=CC(=O)OC(C)C)N[C@@H]1C(=O)N2[C@@H]1SC(C)(C)[C@@H]2C(=O)O. The fourth-order valence-corrected chi connectivity index (χ4v) is 4.50. The number of fused-ring (bicyclic) bond motifs is 1. The maximum absolute atomic E-state index is 12.3. The van der Waals surface area contributed by atoms with E-state index in [4.69, 9.17) is 4.74 Å². The van der Waals surface area contributed by atoms with Crippen molar-refractivity contribution in [3.63, 3.8) is 0 Å². The van der Waals surface area contributed by atoms with Gasteiger partial charge in [-0.3, -0.25) is 4.79 Å². The van der Waals surface area contributed by atoms with Crippen molar-refractivity contribution >= 4 is 29.6 Å². The summed E-state index contributed by atoms with van der Waals surface area (Å²) >= 11 is 1.46. The zero-order valence-electron chi connectivity index (χ0n) is 13.8. The van der Waals surface area contributed by atoms with Crippen LogP contribution in [-0.4, -0.2) is 56.2 Å². The minimum Gasteiger partial charge on any atom is -0.480 e. The average Bonchev–Trinajstić information content (AvgIpc) is 2.63. The van der Waals surface area contributed by atoms with E-state index in [0.29, 0.717) is 5.70 Å². The van der Waals surface area contributed by atoms with Gasteiger partial charge in [-0.05, 0) is 34.6 Å². The number of β-lactam (4-membered cyclic amide) rings is 1. The van der Waals surface area contributed by atoms with Gasteiger partial charge in [0.25, 0.3) is 0 Å². The lowest BCUT2D eigenvalue weighted by Gasteiger charge is -2.44. The van der Waals surface area contributed by atoms with Gasteiger partial charge in [0, 0.05) is 16.5 Å². The molecule has 2 heterocycles. The lowest BCUT2D eigenvalue weighted by molar-refractivity contribution is -0.160. The monoisotopic (exact) mass is 342 g/mol. The van der Waals surface area contributed by atoms with Gasteiger partial charge < -0.3 is 20.1 Å². The van der Waals surface area contributed by atoms with Crippen molar-refractivity contribution in [1.29, 1.82) is 0 Å². The highest BCUT2D eigenvalue weighted by molar-refractivity contribution is 8.01. The van der Waals surface area contributed by atoms with Crippen molar-refractivity contribution < 1.29 is 24.2 Å². The number of allylic oxidation sites excluding steroid dienone is 1. The van der Waals surface area contributed by atoms with Crippen molar-refractivity contribution in [3.8, 4) is 0 Å². The van der Waals surface area contributed by atoms with Gasteiger partial charge in [0.1, 0.15) is 17.5 Å². The number of nitrogens with one attached hydrogen (secondary N) is 1. The minimum absolute atomic E-state index is 0.213. The van der Waals surface area contributed by atoms with Crippen LogP contribution < -0.4 is 5.32 Å². The quantitative estimate of drug-likeness (QED) is 0.436. The molecule has 0 aromatic heterocycles. The van der Waals surface area contributed by atoms with Gasteiger partial charge in [-0.2, -0.15) is 0 Å². The average molecular weight is 342 g/mol. The molecule has 8 heteroatoms. The highest BCUT2D eigenvalue weighted by Gasteiger charge is 2.63.